The third-order valence-electron chi connectivity index (χ3n) is 9.65. The molecule has 1 aromatic heterocycles. The van der Waals surface area contributed by atoms with Crippen LogP contribution >= 0.6 is 0 Å². The number of aromatic nitrogens is 1. The number of hydrogen-bond donors (Lipinski definition) is 1. The minimum atomic E-state index is -3.62. The molecule has 5 rings (SSSR count). The zero-order chi connectivity index (χ0) is 30.1. The second-order valence-corrected chi connectivity index (χ2v) is 16.0. The summed E-state index contributed by atoms with van der Waals surface area (Å²) in [6.45, 7) is 13.8. The molecule has 2 aliphatic heterocycles. The molecule has 3 aliphatic rings. The van der Waals surface area contributed by atoms with Crippen LogP contribution in [-0.4, -0.2) is 55.5 Å². The molecule has 1 amide bonds. The fourth-order valence-corrected chi connectivity index (χ4v) is 9.07. The number of hydrogen-bond acceptors (Lipinski definition) is 4. The summed E-state index contributed by atoms with van der Waals surface area (Å²) in [4.78, 5) is 14.0. The van der Waals surface area contributed by atoms with E-state index in [0.29, 0.717) is 48.6 Å². The normalized spacial score (nSPS) is 21.9. The van der Waals surface area contributed by atoms with Crippen LogP contribution < -0.4 is 5.32 Å². The minimum absolute atomic E-state index is 0.0301. The predicted octanol–water partition coefficient (Wildman–Crippen LogP) is 6.67. The van der Waals surface area contributed by atoms with E-state index in [2.05, 4.69) is 50.6 Å². The van der Waals surface area contributed by atoms with Crippen LogP contribution in [0, 0.1) is 18.8 Å². The lowest BCUT2D eigenvalue weighted by atomic mass is 9.85. The van der Waals surface area contributed by atoms with Gasteiger partial charge in [0, 0.05) is 50.3 Å². The van der Waals surface area contributed by atoms with Crippen LogP contribution in [0.3, 0.4) is 0 Å². The number of nitrogens with zero attached hydrogens (tertiary/aromatic N) is 2. The highest BCUT2D eigenvalue weighted by Crippen LogP contribution is 2.38. The SMILES string of the molecule is Cc1c(C(=O)NC2CCOCC2)cc(-c2ccc(S(=O)(=O)N3CCCC(C)C3)c(C(C)(C)C)c2)n1CC1CCCCC1. The second-order valence-electron chi connectivity index (χ2n) is 14.1. The molecule has 1 N–H and O–H groups in total. The molecule has 2 saturated heterocycles. The van der Waals surface area contributed by atoms with Gasteiger partial charge in [-0.2, -0.15) is 4.31 Å². The van der Waals surface area contributed by atoms with E-state index in [1.807, 2.05) is 18.2 Å². The topological polar surface area (TPSA) is 80.6 Å². The van der Waals surface area contributed by atoms with Crippen molar-refractivity contribution in [2.75, 3.05) is 26.3 Å². The number of nitrogens with one attached hydrogen (secondary N) is 1. The third kappa shape index (κ3) is 6.81. The van der Waals surface area contributed by atoms with Crippen LogP contribution in [-0.2, 0) is 26.7 Å². The van der Waals surface area contributed by atoms with Gasteiger partial charge < -0.3 is 14.6 Å². The number of carbonyl (C=O) groups excluding carboxylic acids is 1. The van der Waals surface area contributed by atoms with Gasteiger partial charge in [0.15, 0.2) is 0 Å². The van der Waals surface area contributed by atoms with Crippen molar-refractivity contribution in [3.05, 3.63) is 41.1 Å². The fraction of sp³-hybridized carbons (Fsp3) is 0.676. The first-order chi connectivity index (χ1) is 19.9. The fourth-order valence-electron chi connectivity index (χ4n) is 7.09. The van der Waals surface area contributed by atoms with Crippen LogP contribution in [0.4, 0.5) is 0 Å². The van der Waals surface area contributed by atoms with Crippen molar-refractivity contribution < 1.29 is 17.9 Å². The maximum Gasteiger partial charge on any atom is 0.253 e. The number of rotatable bonds is 7. The Labute approximate surface area is 253 Å². The lowest BCUT2D eigenvalue weighted by molar-refractivity contribution is 0.0696. The van der Waals surface area contributed by atoms with Gasteiger partial charge in [-0.05, 0) is 92.0 Å². The molecule has 3 fully saturated rings. The third-order valence-corrected chi connectivity index (χ3v) is 11.6. The minimum Gasteiger partial charge on any atom is -0.381 e. The number of amides is 1. The van der Waals surface area contributed by atoms with E-state index < -0.39 is 10.0 Å². The van der Waals surface area contributed by atoms with Crippen molar-refractivity contribution in [2.24, 2.45) is 11.8 Å². The Hall–Kier alpha value is -2.16. The molecule has 42 heavy (non-hydrogen) atoms. The summed E-state index contributed by atoms with van der Waals surface area (Å²) >= 11 is 0. The van der Waals surface area contributed by atoms with E-state index in [0.717, 1.165) is 54.7 Å². The molecule has 1 aliphatic carbocycles. The molecular weight excluding hydrogens is 546 g/mol. The first-order valence-electron chi connectivity index (χ1n) is 16.2. The van der Waals surface area contributed by atoms with E-state index in [4.69, 9.17) is 4.74 Å². The van der Waals surface area contributed by atoms with E-state index in [1.54, 1.807) is 4.31 Å². The molecule has 0 radical (unpaired) electrons. The molecule has 0 bridgehead atoms. The highest BCUT2D eigenvalue weighted by molar-refractivity contribution is 7.89. The van der Waals surface area contributed by atoms with Crippen molar-refractivity contribution in [1.29, 1.82) is 0 Å². The van der Waals surface area contributed by atoms with Gasteiger partial charge in [-0.3, -0.25) is 4.79 Å². The maximum atomic E-state index is 14.0. The molecule has 3 heterocycles. The van der Waals surface area contributed by atoms with Gasteiger partial charge in [0.1, 0.15) is 0 Å². The first-order valence-corrected chi connectivity index (χ1v) is 17.6. The number of sulfonamides is 1. The molecule has 7 nitrogen and oxygen atoms in total. The lowest BCUT2D eigenvalue weighted by Gasteiger charge is -2.32. The number of benzene rings is 1. The zero-order valence-corrected chi connectivity index (χ0v) is 27.2. The largest absolute Gasteiger partial charge is 0.381 e. The molecular formula is C34H51N3O4S. The van der Waals surface area contributed by atoms with Gasteiger partial charge in [0.2, 0.25) is 10.0 Å². The van der Waals surface area contributed by atoms with E-state index in [1.165, 1.54) is 32.1 Å². The average Bonchev–Trinajstić information content (AvgIpc) is 3.29. The summed E-state index contributed by atoms with van der Waals surface area (Å²) < 4.78 is 37.4. The summed E-state index contributed by atoms with van der Waals surface area (Å²) in [5.41, 5.74) is 4.11. The van der Waals surface area contributed by atoms with Gasteiger partial charge in [-0.1, -0.05) is 53.0 Å². The Morgan fingerprint density at radius 2 is 1.71 bits per heavy atom. The first kappa shape index (κ1) is 31.3. The van der Waals surface area contributed by atoms with Crippen LogP contribution in [0.5, 0.6) is 0 Å². The molecule has 1 saturated carbocycles. The van der Waals surface area contributed by atoms with Gasteiger partial charge in [-0.15, -0.1) is 0 Å². The predicted molar refractivity (Wildman–Crippen MR) is 168 cm³/mol. The number of carbonyl (C=O) groups is 1. The highest BCUT2D eigenvalue weighted by atomic mass is 32.2. The maximum absolute atomic E-state index is 14.0. The molecule has 0 spiro atoms. The monoisotopic (exact) mass is 597 g/mol. The van der Waals surface area contributed by atoms with Crippen molar-refractivity contribution in [3.63, 3.8) is 0 Å². The molecule has 1 unspecified atom stereocenters. The summed E-state index contributed by atoms with van der Waals surface area (Å²) in [7, 11) is -3.62. The van der Waals surface area contributed by atoms with Crippen molar-refractivity contribution in [3.8, 4) is 11.3 Å². The van der Waals surface area contributed by atoms with E-state index in [9.17, 15) is 13.2 Å². The van der Waals surface area contributed by atoms with Crippen molar-refractivity contribution in [1.82, 2.24) is 14.2 Å². The summed E-state index contributed by atoms with van der Waals surface area (Å²) in [6, 6.07) is 8.02. The lowest BCUT2D eigenvalue weighted by Crippen LogP contribution is -2.39. The zero-order valence-electron chi connectivity index (χ0n) is 26.4. The average molecular weight is 598 g/mol. The Bertz CT molecular complexity index is 1360. The number of ether oxygens (including phenoxy) is 1. The Morgan fingerprint density at radius 1 is 1.00 bits per heavy atom. The second kappa shape index (κ2) is 12.8. The summed E-state index contributed by atoms with van der Waals surface area (Å²) in [5.74, 6) is 0.915. The van der Waals surface area contributed by atoms with Crippen molar-refractivity contribution >= 4 is 15.9 Å². The van der Waals surface area contributed by atoms with Gasteiger partial charge in [0.25, 0.3) is 5.91 Å². The van der Waals surface area contributed by atoms with Crippen LogP contribution in [0.15, 0.2) is 29.2 Å². The summed E-state index contributed by atoms with van der Waals surface area (Å²) in [5, 5.41) is 3.26. The van der Waals surface area contributed by atoms with Crippen LogP contribution in [0.1, 0.15) is 107 Å². The van der Waals surface area contributed by atoms with E-state index in [-0.39, 0.29) is 17.4 Å². The standard InChI is InChI=1S/C34H51N3O4S/c1-24-10-9-17-36(22-24)42(39,40)32-14-13-27(20-30(32)34(3,4)5)31-21-29(33(38)35-28-15-18-41-19-16-28)25(2)37(31)23-26-11-7-6-8-12-26/h13-14,20-21,24,26,28H,6-12,15-19,22-23H2,1-5H3,(H,35,38). The molecule has 8 heteroatoms. The summed E-state index contributed by atoms with van der Waals surface area (Å²) in [6.07, 6.45) is 9.86. The molecule has 1 aromatic carbocycles. The molecule has 1 atom stereocenters. The van der Waals surface area contributed by atoms with Crippen molar-refractivity contribution in [2.45, 2.75) is 115 Å². The number of piperidine rings is 1. The highest BCUT2D eigenvalue weighted by Gasteiger charge is 2.34. The Kier molecular flexibility index (Phi) is 9.55. The van der Waals surface area contributed by atoms with Crippen LogP contribution in [0.2, 0.25) is 0 Å². The molecule has 232 valence electrons. The van der Waals surface area contributed by atoms with Crippen LogP contribution in [0.25, 0.3) is 11.3 Å². The van der Waals surface area contributed by atoms with Gasteiger partial charge in [-0.25, -0.2) is 8.42 Å². The smallest absolute Gasteiger partial charge is 0.253 e. The Morgan fingerprint density at radius 3 is 2.38 bits per heavy atom. The Balaban J connectivity index is 1.55. The molecule has 2 aromatic rings. The van der Waals surface area contributed by atoms with E-state index >= 15 is 0 Å². The quantitative estimate of drug-likeness (QED) is 0.387. The van der Waals surface area contributed by atoms with Gasteiger partial charge >= 0.3 is 0 Å². The van der Waals surface area contributed by atoms with Gasteiger partial charge in [0.05, 0.1) is 10.5 Å².